The van der Waals surface area contributed by atoms with Gasteiger partial charge in [-0.1, -0.05) is 30.3 Å². The number of fused-ring (bicyclic) bond motifs is 1. The van der Waals surface area contributed by atoms with E-state index in [0.717, 1.165) is 17.1 Å². The van der Waals surface area contributed by atoms with Gasteiger partial charge in [-0.05, 0) is 18.5 Å². The number of hydrogen-bond donors (Lipinski definition) is 1. The molecule has 2 heterocycles. The highest BCUT2D eigenvalue weighted by molar-refractivity contribution is 7.13. The lowest BCUT2D eigenvalue weighted by molar-refractivity contribution is 0.0524. The van der Waals surface area contributed by atoms with Crippen LogP contribution in [0.2, 0.25) is 0 Å². The molecule has 3 rings (SSSR count). The van der Waals surface area contributed by atoms with Crippen molar-refractivity contribution in [1.82, 2.24) is 9.36 Å². The largest absolute Gasteiger partial charge is 0.462 e. The molecule has 5 nitrogen and oxygen atoms in total. The van der Waals surface area contributed by atoms with Gasteiger partial charge in [-0.15, -0.1) is 0 Å². The minimum absolute atomic E-state index is 0.00705. The Hall–Kier alpha value is -2.47. The Bertz CT molecular complexity index is 852. The third-order valence-electron chi connectivity index (χ3n) is 3.05. The lowest BCUT2D eigenvalue weighted by Crippen LogP contribution is -2.17. The quantitative estimate of drug-likeness (QED) is 0.755. The molecule has 0 bridgehead atoms. The van der Waals surface area contributed by atoms with Crippen molar-refractivity contribution in [2.75, 3.05) is 6.61 Å². The molecule has 0 atom stereocenters. The van der Waals surface area contributed by atoms with Gasteiger partial charge in [-0.25, -0.2) is 4.79 Å². The minimum atomic E-state index is -0.615. The van der Waals surface area contributed by atoms with Gasteiger partial charge in [0, 0.05) is 11.8 Å². The molecule has 0 aliphatic rings. The van der Waals surface area contributed by atoms with Crippen LogP contribution in [0.4, 0.5) is 0 Å². The first-order valence-corrected chi connectivity index (χ1v) is 7.23. The molecule has 3 aromatic rings. The van der Waals surface area contributed by atoms with E-state index in [1.165, 1.54) is 6.20 Å². The van der Waals surface area contributed by atoms with Gasteiger partial charge in [-0.2, -0.15) is 4.37 Å². The summed E-state index contributed by atoms with van der Waals surface area (Å²) in [5, 5.41) is 0. The van der Waals surface area contributed by atoms with E-state index in [4.69, 9.17) is 4.74 Å². The average Bonchev–Trinajstić information content (AvgIpc) is 2.93. The molecule has 2 aromatic heterocycles. The molecule has 0 saturated carbocycles. The highest BCUT2D eigenvalue weighted by atomic mass is 32.1. The number of nitrogens with one attached hydrogen (secondary N) is 1. The van der Waals surface area contributed by atoms with E-state index in [1.807, 2.05) is 30.3 Å². The summed E-state index contributed by atoms with van der Waals surface area (Å²) < 4.78 is 9.64. The number of H-pyrrole nitrogens is 1. The zero-order chi connectivity index (χ0) is 14.8. The van der Waals surface area contributed by atoms with Crippen LogP contribution < -0.4 is 5.43 Å². The van der Waals surface area contributed by atoms with Crippen LogP contribution in [-0.4, -0.2) is 21.9 Å². The van der Waals surface area contributed by atoms with Crippen LogP contribution in [0.3, 0.4) is 0 Å². The van der Waals surface area contributed by atoms with Crippen LogP contribution >= 0.6 is 11.5 Å². The maximum atomic E-state index is 12.3. The summed E-state index contributed by atoms with van der Waals surface area (Å²) in [5.41, 5.74) is 1.94. The maximum absolute atomic E-state index is 12.3. The number of carbonyl (C=O) groups is 1. The van der Waals surface area contributed by atoms with Crippen molar-refractivity contribution in [2.24, 2.45) is 0 Å². The fourth-order valence-electron chi connectivity index (χ4n) is 2.06. The second-order valence-corrected chi connectivity index (χ2v) is 5.13. The molecule has 0 amide bonds. The Labute approximate surface area is 124 Å². The van der Waals surface area contributed by atoms with Gasteiger partial charge in [-0.3, -0.25) is 4.79 Å². The molecule has 0 unspecified atom stereocenters. The molecule has 0 saturated heterocycles. The topological polar surface area (TPSA) is 72.1 Å². The van der Waals surface area contributed by atoms with Crippen molar-refractivity contribution in [3.63, 3.8) is 0 Å². The third-order valence-corrected chi connectivity index (χ3v) is 3.89. The van der Waals surface area contributed by atoms with Gasteiger partial charge in [0.2, 0.25) is 5.43 Å². The Balaban J connectivity index is 2.16. The van der Waals surface area contributed by atoms with E-state index in [-0.39, 0.29) is 17.6 Å². The molecular formula is C15H12N2O3S. The SMILES string of the molecule is CCOC(=O)c1c[nH]c2c(-c3ccccc3)nsc2c1=O. The number of benzene rings is 1. The van der Waals surface area contributed by atoms with Crippen molar-refractivity contribution in [2.45, 2.75) is 6.92 Å². The smallest absolute Gasteiger partial charge is 0.343 e. The van der Waals surface area contributed by atoms with Crippen molar-refractivity contribution in [3.05, 3.63) is 52.3 Å². The van der Waals surface area contributed by atoms with E-state index < -0.39 is 5.97 Å². The Kier molecular flexibility index (Phi) is 3.53. The number of carbonyl (C=O) groups excluding carboxylic acids is 1. The second kappa shape index (κ2) is 5.49. The standard InChI is InChI=1S/C15H12N2O3S/c1-2-20-15(19)10-8-16-12-11(9-6-4-3-5-7-9)17-21-14(12)13(10)18/h3-8H,2H2,1H3,(H,16,18). The number of aromatic nitrogens is 2. The molecule has 106 valence electrons. The van der Waals surface area contributed by atoms with Gasteiger partial charge in [0.05, 0.1) is 12.1 Å². The Morgan fingerprint density at radius 2 is 2.10 bits per heavy atom. The maximum Gasteiger partial charge on any atom is 0.343 e. The van der Waals surface area contributed by atoms with E-state index in [9.17, 15) is 9.59 Å². The molecule has 0 aliphatic heterocycles. The minimum Gasteiger partial charge on any atom is -0.462 e. The van der Waals surface area contributed by atoms with Gasteiger partial charge in [0.15, 0.2) is 0 Å². The summed E-state index contributed by atoms with van der Waals surface area (Å²) in [6.45, 7) is 1.93. The first-order chi connectivity index (χ1) is 10.2. The summed E-state index contributed by atoms with van der Waals surface area (Å²) in [4.78, 5) is 27.1. The number of pyridine rings is 1. The zero-order valence-corrected chi connectivity index (χ0v) is 12.1. The molecular weight excluding hydrogens is 288 g/mol. The number of ether oxygens (including phenoxy) is 1. The first kappa shape index (κ1) is 13.5. The molecule has 0 radical (unpaired) electrons. The average molecular weight is 300 g/mol. The van der Waals surface area contributed by atoms with Crippen LogP contribution in [0.5, 0.6) is 0 Å². The van der Waals surface area contributed by atoms with Gasteiger partial charge in [0.25, 0.3) is 0 Å². The van der Waals surface area contributed by atoms with Gasteiger partial charge >= 0.3 is 5.97 Å². The van der Waals surface area contributed by atoms with E-state index in [1.54, 1.807) is 6.92 Å². The highest BCUT2D eigenvalue weighted by Crippen LogP contribution is 2.27. The fraction of sp³-hybridized carbons (Fsp3) is 0.133. The number of esters is 1. The summed E-state index contributed by atoms with van der Waals surface area (Å²) in [5.74, 6) is -0.615. The predicted molar refractivity (Wildman–Crippen MR) is 81.6 cm³/mol. The number of aromatic amines is 1. The fourth-order valence-corrected chi connectivity index (χ4v) is 2.88. The van der Waals surface area contributed by atoms with E-state index in [2.05, 4.69) is 9.36 Å². The highest BCUT2D eigenvalue weighted by Gasteiger charge is 2.18. The lowest BCUT2D eigenvalue weighted by atomic mass is 10.1. The second-order valence-electron chi connectivity index (χ2n) is 4.35. The predicted octanol–water partition coefficient (Wildman–Crippen LogP) is 2.83. The monoisotopic (exact) mass is 300 g/mol. The molecule has 1 aromatic carbocycles. The molecule has 0 spiro atoms. The van der Waals surface area contributed by atoms with Crippen LogP contribution in [-0.2, 0) is 4.74 Å². The number of hydrogen-bond acceptors (Lipinski definition) is 5. The molecule has 1 N–H and O–H groups in total. The zero-order valence-electron chi connectivity index (χ0n) is 11.3. The van der Waals surface area contributed by atoms with Crippen molar-refractivity contribution in [3.8, 4) is 11.3 Å². The summed E-state index contributed by atoms with van der Waals surface area (Å²) in [6, 6.07) is 9.58. The van der Waals surface area contributed by atoms with E-state index >= 15 is 0 Å². The molecule has 0 fully saturated rings. The Morgan fingerprint density at radius 1 is 1.33 bits per heavy atom. The van der Waals surface area contributed by atoms with Crippen molar-refractivity contribution in [1.29, 1.82) is 0 Å². The van der Waals surface area contributed by atoms with Gasteiger partial charge in [0.1, 0.15) is 16.0 Å². The molecule has 6 heteroatoms. The van der Waals surface area contributed by atoms with E-state index in [0.29, 0.717) is 15.9 Å². The number of nitrogens with zero attached hydrogens (tertiary/aromatic N) is 1. The lowest BCUT2D eigenvalue weighted by Gasteiger charge is -2.01. The van der Waals surface area contributed by atoms with Crippen LogP contribution in [0, 0.1) is 0 Å². The van der Waals surface area contributed by atoms with Crippen LogP contribution in [0.15, 0.2) is 41.3 Å². The number of rotatable bonds is 3. The van der Waals surface area contributed by atoms with Crippen molar-refractivity contribution >= 4 is 27.7 Å². The summed E-state index contributed by atoms with van der Waals surface area (Å²) in [6.07, 6.45) is 1.39. The summed E-state index contributed by atoms with van der Waals surface area (Å²) >= 11 is 1.08. The van der Waals surface area contributed by atoms with Crippen LogP contribution in [0.25, 0.3) is 21.5 Å². The third kappa shape index (κ3) is 2.34. The van der Waals surface area contributed by atoms with Crippen LogP contribution in [0.1, 0.15) is 17.3 Å². The molecule has 21 heavy (non-hydrogen) atoms. The van der Waals surface area contributed by atoms with Gasteiger partial charge < -0.3 is 9.72 Å². The first-order valence-electron chi connectivity index (χ1n) is 6.46. The normalized spacial score (nSPS) is 10.7. The van der Waals surface area contributed by atoms with Crippen molar-refractivity contribution < 1.29 is 9.53 Å². The Morgan fingerprint density at radius 3 is 2.81 bits per heavy atom. The molecule has 0 aliphatic carbocycles. The summed E-state index contributed by atoms with van der Waals surface area (Å²) in [7, 11) is 0.